The van der Waals surface area contributed by atoms with Crippen molar-refractivity contribution in [1.82, 2.24) is 10.2 Å². The van der Waals surface area contributed by atoms with Gasteiger partial charge >= 0.3 is 0 Å². The second-order valence-electron chi connectivity index (χ2n) is 3.27. The van der Waals surface area contributed by atoms with E-state index in [0.29, 0.717) is 5.69 Å². The molecule has 4 heteroatoms. The van der Waals surface area contributed by atoms with Crippen LogP contribution in [0.3, 0.4) is 0 Å². The standard InChI is InChI=1S/C11H10N2O2/c1-7-4-2-3-5-8(7)9-6-10(11(14)15)13-12-9/h2-6H,1H3,(H,12,13)(H,14,15)/p-1. The molecule has 0 saturated heterocycles. The smallest absolute Gasteiger partial charge is 0.0930 e. The van der Waals surface area contributed by atoms with Crippen molar-refractivity contribution in [2.45, 2.75) is 6.92 Å². The van der Waals surface area contributed by atoms with E-state index in [1.165, 1.54) is 6.07 Å². The van der Waals surface area contributed by atoms with Gasteiger partial charge in [-0.3, -0.25) is 5.10 Å². The Hall–Kier alpha value is -2.10. The van der Waals surface area contributed by atoms with Crippen LogP contribution in [0.1, 0.15) is 16.1 Å². The van der Waals surface area contributed by atoms with Gasteiger partial charge in [-0.1, -0.05) is 24.3 Å². The van der Waals surface area contributed by atoms with Crippen molar-refractivity contribution in [2.24, 2.45) is 0 Å². The van der Waals surface area contributed by atoms with E-state index in [9.17, 15) is 9.90 Å². The molecule has 4 nitrogen and oxygen atoms in total. The van der Waals surface area contributed by atoms with Crippen LogP contribution in [-0.2, 0) is 0 Å². The van der Waals surface area contributed by atoms with Gasteiger partial charge in [0, 0.05) is 5.56 Å². The Morgan fingerprint density at radius 3 is 2.73 bits per heavy atom. The van der Waals surface area contributed by atoms with E-state index in [-0.39, 0.29) is 5.69 Å². The highest BCUT2D eigenvalue weighted by atomic mass is 16.4. The Bertz CT molecular complexity index is 503. The third-order valence-electron chi connectivity index (χ3n) is 2.22. The van der Waals surface area contributed by atoms with Crippen LogP contribution in [0.15, 0.2) is 30.3 Å². The lowest BCUT2D eigenvalue weighted by Crippen LogP contribution is -2.22. The molecule has 1 heterocycles. The highest BCUT2D eigenvalue weighted by molar-refractivity contribution is 5.85. The maximum Gasteiger partial charge on any atom is 0.0930 e. The number of H-pyrrole nitrogens is 1. The van der Waals surface area contributed by atoms with E-state index in [2.05, 4.69) is 10.2 Å². The third kappa shape index (κ3) is 1.74. The maximum absolute atomic E-state index is 10.5. The summed E-state index contributed by atoms with van der Waals surface area (Å²) in [6, 6.07) is 9.12. The number of aromatic nitrogens is 2. The predicted octanol–water partition coefficient (Wildman–Crippen LogP) is 0.749. The molecule has 2 rings (SSSR count). The van der Waals surface area contributed by atoms with Gasteiger partial charge in [-0.15, -0.1) is 0 Å². The number of hydrogen-bond donors (Lipinski definition) is 1. The molecule has 76 valence electrons. The topological polar surface area (TPSA) is 68.8 Å². The first-order chi connectivity index (χ1) is 7.18. The summed E-state index contributed by atoms with van der Waals surface area (Å²) in [5, 5.41) is 16.9. The molecule has 0 amide bonds. The van der Waals surface area contributed by atoms with Crippen molar-refractivity contribution in [1.29, 1.82) is 0 Å². The molecule has 2 aromatic rings. The first-order valence-corrected chi connectivity index (χ1v) is 4.51. The number of nitrogens with one attached hydrogen (secondary N) is 1. The first-order valence-electron chi connectivity index (χ1n) is 4.51. The van der Waals surface area contributed by atoms with Gasteiger partial charge in [0.1, 0.15) is 0 Å². The number of rotatable bonds is 2. The number of hydrogen-bond acceptors (Lipinski definition) is 3. The number of aromatic amines is 1. The summed E-state index contributed by atoms with van der Waals surface area (Å²) in [5.74, 6) is -1.25. The molecule has 0 aliphatic carbocycles. The minimum atomic E-state index is -1.25. The van der Waals surface area contributed by atoms with Crippen LogP contribution in [0.2, 0.25) is 0 Å². The molecule has 1 aromatic heterocycles. The van der Waals surface area contributed by atoms with Gasteiger partial charge in [0.2, 0.25) is 0 Å². The summed E-state index contributed by atoms with van der Waals surface area (Å²) in [5.41, 5.74) is 2.58. The monoisotopic (exact) mass is 201 g/mol. The van der Waals surface area contributed by atoms with Crippen LogP contribution >= 0.6 is 0 Å². The van der Waals surface area contributed by atoms with Crippen LogP contribution in [0.25, 0.3) is 11.3 Å². The summed E-state index contributed by atoms with van der Waals surface area (Å²) in [7, 11) is 0. The molecule has 0 aliphatic heterocycles. The van der Waals surface area contributed by atoms with Crippen molar-refractivity contribution >= 4 is 5.97 Å². The van der Waals surface area contributed by atoms with E-state index in [1.54, 1.807) is 0 Å². The fourth-order valence-corrected chi connectivity index (χ4v) is 1.42. The number of aryl methyl sites for hydroxylation is 1. The molecule has 0 unspecified atom stereocenters. The van der Waals surface area contributed by atoms with E-state index >= 15 is 0 Å². The fourth-order valence-electron chi connectivity index (χ4n) is 1.42. The molecular weight excluding hydrogens is 192 g/mol. The number of carboxylic acid groups (broad SMARTS) is 1. The molecule has 15 heavy (non-hydrogen) atoms. The summed E-state index contributed by atoms with van der Waals surface area (Å²) >= 11 is 0. The van der Waals surface area contributed by atoms with Crippen LogP contribution in [0.4, 0.5) is 0 Å². The molecule has 1 aromatic carbocycles. The Kier molecular flexibility index (Phi) is 2.25. The molecule has 0 spiro atoms. The minimum absolute atomic E-state index is 0.00625. The number of carbonyl (C=O) groups is 1. The normalized spacial score (nSPS) is 10.2. The second kappa shape index (κ2) is 3.57. The highest BCUT2D eigenvalue weighted by Gasteiger charge is 2.05. The van der Waals surface area contributed by atoms with Crippen molar-refractivity contribution in [3.05, 3.63) is 41.6 Å². The molecule has 1 N–H and O–H groups in total. The summed E-state index contributed by atoms with van der Waals surface area (Å²) in [4.78, 5) is 10.5. The van der Waals surface area contributed by atoms with Crippen LogP contribution in [-0.4, -0.2) is 16.2 Å². The average molecular weight is 201 g/mol. The number of carboxylic acids is 1. The zero-order chi connectivity index (χ0) is 10.8. The largest absolute Gasteiger partial charge is 0.543 e. The molecule has 0 bridgehead atoms. The van der Waals surface area contributed by atoms with Gasteiger partial charge < -0.3 is 9.90 Å². The molecule has 0 atom stereocenters. The molecule has 0 fully saturated rings. The van der Waals surface area contributed by atoms with E-state index < -0.39 is 5.97 Å². The van der Waals surface area contributed by atoms with Crippen molar-refractivity contribution in [2.75, 3.05) is 0 Å². The van der Waals surface area contributed by atoms with Crippen molar-refractivity contribution < 1.29 is 9.90 Å². The molecular formula is C11H9N2O2-. The van der Waals surface area contributed by atoms with Gasteiger partial charge in [-0.25, -0.2) is 0 Å². The fraction of sp³-hybridized carbons (Fsp3) is 0.0909. The lowest BCUT2D eigenvalue weighted by Gasteiger charge is -1.99. The predicted molar refractivity (Wildman–Crippen MR) is 53.1 cm³/mol. The maximum atomic E-state index is 10.5. The van der Waals surface area contributed by atoms with Crippen LogP contribution in [0, 0.1) is 6.92 Å². The zero-order valence-electron chi connectivity index (χ0n) is 8.15. The zero-order valence-corrected chi connectivity index (χ0v) is 8.15. The van der Waals surface area contributed by atoms with Gasteiger partial charge in [0.25, 0.3) is 0 Å². The minimum Gasteiger partial charge on any atom is -0.543 e. The Balaban J connectivity index is 2.46. The van der Waals surface area contributed by atoms with E-state index in [0.717, 1.165) is 11.1 Å². The lowest BCUT2D eigenvalue weighted by molar-refractivity contribution is -0.255. The van der Waals surface area contributed by atoms with Gasteiger partial charge in [-0.05, 0) is 18.6 Å². The van der Waals surface area contributed by atoms with Crippen molar-refractivity contribution in [3.8, 4) is 11.3 Å². The van der Waals surface area contributed by atoms with Crippen LogP contribution < -0.4 is 5.11 Å². The van der Waals surface area contributed by atoms with E-state index in [1.807, 2.05) is 31.2 Å². The third-order valence-corrected chi connectivity index (χ3v) is 2.22. The SMILES string of the molecule is Cc1ccccc1-c1cc(C(=O)[O-])[nH]n1. The Morgan fingerprint density at radius 2 is 2.13 bits per heavy atom. The highest BCUT2D eigenvalue weighted by Crippen LogP contribution is 2.21. The number of aromatic carboxylic acids is 1. The number of benzene rings is 1. The molecule has 0 saturated carbocycles. The van der Waals surface area contributed by atoms with Crippen LogP contribution in [0.5, 0.6) is 0 Å². The Labute approximate surface area is 86.6 Å². The van der Waals surface area contributed by atoms with Gasteiger partial charge in [0.05, 0.1) is 17.4 Å². The van der Waals surface area contributed by atoms with Gasteiger partial charge in [0.15, 0.2) is 0 Å². The second-order valence-corrected chi connectivity index (χ2v) is 3.27. The molecule has 0 radical (unpaired) electrons. The number of carbonyl (C=O) groups excluding carboxylic acids is 1. The lowest BCUT2D eigenvalue weighted by atomic mass is 10.1. The molecule has 0 aliphatic rings. The quantitative estimate of drug-likeness (QED) is 0.779. The van der Waals surface area contributed by atoms with E-state index in [4.69, 9.17) is 0 Å². The van der Waals surface area contributed by atoms with Crippen molar-refractivity contribution in [3.63, 3.8) is 0 Å². The average Bonchev–Trinajstić information content (AvgIpc) is 2.67. The first kappa shape index (κ1) is 9.45. The summed E-state index contributed by atoms with van der Waals surface area (Å²) in [6.45, 7) is 1.95. The summed E-state index contributed by atoms with van der Waals surface area (Å²) < 4.78 is 0. The van der Waals surface area contributed by atoms with Gasteiger partial charge in [-0.2, -0.15) is 5.10 Å². The summed E-state index contributed by atoms with van der Waals surface area (Å²) in [6.07, 6.45) is 0. The Morgan fingerprint density at radius 1 is 1.40 bits per heavy atom. The number of nitrogens with zero attached hydrogens (tertiary/aromatic N) is 1.